The van der Waals surface area contributed by atoms with Crippen LogP contribution in [0.2, 0.25) is 5.02 Å². The highest BCUT2D eigenvalue weighted by Gasteiger charge is 2.27. The number of thiazole rings is 1. The normalized spacial score (nSPS) is 13.3. The molecule has 1 aliphatic rings. The number of aromatic nitrogens is 2. The lowest BCUT2D eigenvalue weighted by Gasteiger charge is -2.23. The van der Waals surface area contributed by atoms with Crippen LogP contribution in [-0.4, -0.2) is 95.8 Å². The first-order chi connectivity index (χ1) is 31.9. The second-order valence-corrected chi connectivity index (χ2v) is 19.3. The standard InChI is InChI=1S/C48H57ClN8O8S2/c1-31(64-48(5,6)61)52-21-8-7-11-39(55-46(60)65-47(2,3)4)43(59)53-22-20-40(58)63-26-25-62-36-18-14-32(15-19-36)41-37(27-50)42(57-23-9-10-24-57)56-45(38(41)28-51)67-30-35-29-66-44(54-35)33-12-16-34(49)17-13-33/h12-19,29,39,61H,7-11,20-26,30H2,1-6H3,(H,53,59)(H,55,60)/t39-/m0/s1. The number of rotatable bonds is 21. The molecular weight excluding hydrogens is 916 g/mol. The predicted octanol–water partition coefficient (Wildman–Crippen LogP) is 8.82. The molecule has 4 aromatic rings. The van der Waals surface area contributed by atoms with Crippen molar-refractivity contribution < 1.29 is 38.4 Å². The van der Waals surface area contributed by atoms with E-state index in [1.807, 2.05) is 29.6 Å². The summed E-state index contributed by atoms with van der Waals surface area (Å²) in [6.45, 7) is 11.7. The van der Waals surface area contributed by atoms with E-state index in [2.05, 4.69) is 32.7 Å². The Hall–Kier alpha value is -5.92. The Morgan fingerprint density at radius 3 is 2.30 bits per heavy atom. The average molecular weight is 974 g/mol. The van der Waals surface area contributed by atoms with E-state index >= 15 is 0 Å². The highest BCUT2D eigenvalue weighted by atomic mass is 35.5. The van der Waals surface area contributed by atoms with Gasteiger partial charge in [-0.15, -0.1) is 11.3 Å². The van der Waals surface area contributed by atoms with E-state index in [4.69, 9.17) is 40.5 Å². The molecule has 5 rings (SSSR count). The van der Waals surface area contributed by atoms with Crippen LogP contribution in [0.1, 0.15) is 96.9 Å². The number of amides is 2. The van der Waals surface area contributed by atoms with Gasteiger partial charge in [0.1, 0.15) is 64.2 Å². The zero-order valence-corrected chi connectivity index (χ0v) is 41.0. The Morgan fingerprint density at radius 2 is 1.64 bits per heavy atom. The summed E-state index contributed by atoms with van der Waals surface area (Å²) in [6, 6.07) is 18.3. The number of hydrogen-bond acceptors (Lipinski definition) is 16. The van der Waals surface area contributed by atoms with Crippen LogP contribution in [0.25, 0.3) is 21.7 Å². The maximum Gasteiger partial charge on any atom is 0.408 e. The van der Waals surface area contributed by atoms with Gasteiger partial charge in [0.05, 0.1) is 17.7 Å². The Bertz CT molecular complexity index is 2430. The number of thioether (sulfide) groups is 1. The van der Waals surface area contributed by atoms with Crippen molar-refractivity contribution >= 4 is 64.4 Å². The number of carbonyl (C=O) groups is 3. The molecular formula is C48H57ClN8O8S2. The second-order valence-electron chi connectivity index (χ2n) is 17.0. The molecule has 0 radical (unpaired) electrons. The van der Waals surface area contributed by atoms with Crippen molar-refractivity contribution in [2.75, 3.05) is 44.3 Å². The van der Waals surface area contributed by atoms with Gasteiger partial charge in [-0.2, -0.15) is 10.5 Å². The van der Waals surface area contributed by atoms with Crippen molar-refractivity contribution in [1.82, 2.24) is 20.6 Å². The summed E-state index contributed by atoms with van der Waals surface area (Å²) in [5.74, 6) is -0.535. The number of carbonyl (C=O) groups excluding carboxylic acids is 3. The van der Waals surface area contributed by atoms with Crippen LogP contribution in [0.3, 0.4) is 0 Å². The maximum atomic E-state index is 13.1. The highest BCUT2D eigenvalue weighted by molar-refractivity contribution is 7.98. The van der Waals surface area contributed by atoms with Gasteiger partial charge in [0.15, 0.2) is 5.90 Å². The third kappa shape index (κ3) is 16.7. The number of pyridine rings is 1. The Kier molecular flexibility index (Phi) is 19.2. The SMILES string of the molecule is CC(=NCCCC[C@H](NC(=O)OC(C)(C)C)C(=O)NCCC(=O)OCCOc1ccc(-c2c(C#N)c(SCc3csc(-c4ccc(Cl)cc4)n3)nc(N3CCCC3)c2C#N)cc1)OC(C)(C)O. The first-order valence-electron chi connectivity index (χ1n) is 22.0. The molecule has 3 N–H and O–H groups in total. The molecule has 67 heavy (non-hydrogen) atoms. The summed E-state index contributed by atoms with van der Waals surface area (Å²) in [7, 11) is 0. The molecule has 0 bridgehead atoms. The number of nitrogens with zero attached hydrogens (tertiary/aromatic N) is 6. The summed E-state index contributed by atoms with van der Waals surface area (Å²) < 4.78 is 21.8. The molecule has 0 saturated carbocycles. The number of nitriles is 2. The van der Waals surface area contributed by atoms with Crippen molar-refractivity contribution in [2.24, 2.45) is 4.99 Å². The molecule has 2 amide bonds. The van der Waals surface area contributed by atoms with Crippen molar-refractivity contribution in [2.45, 2.75) is 108 Å². The molecule has 2 aromatic heterocycles. The van der Waals surface area contributed by atoms with Gasteiger partial charge < -0.3 is 39.6 Å². The van der Waals surface area contributed by atoms with Gasteiger partial charge in [0.2, 0.25) is 11.7 Å². The van der Waals surface area contributed by atoms with E-state index in [0.717, 1.165) is 42.2 Å². The van der Waals surface area contributed by atoms with E-state index < -0.39 is 35.4 Å². The third-order valence-electron chi connectivity index (χ3n) is 9.80. The number of anilines is 1. The van der Waals surface area contributed by atoms with Crippen LogP contribution in [-0.2, 0) is 29.6 Å². The van der Waals surface area contributed by atoms with Gasteiger partial charge >= 0.3 is 12.1 Å². The van der Waals surface area contributed by atoms with Crippen LogP contribution in [0.15, 0.2) is 63.9 Å². The Balaban J connectivity index is 1.14. The summed E-state index contributed by atoms with van der Waals surface area (Å²) in [5.41, 5.74) is 2.82. The lowest BCUT2D eigenvalue weighted by molar-refractivity contribution is -0.144. The van der Waals surface area contributed by atoms with E-state index in [0.29, 0.717) is 74.9 Å². The van der Waals surface area contributed by atoms with E-state index in [1.165, 1.54) is 36.9 Å². The smallest absolute Gasteiger partial charge is 0.408 e. The molecule has 0 unspecified atom stereocenters. The molecule has 0 aliphatic carbocycles. The summed E-state index contributed by atoms with van der Waals surface area (Å²) >= 11 is 9.01. The molecule has 2 aromatic carbocycles. The highest BCUT2D eigenvalue weighted by Crippen LogP contribution is 2.40. The second kappa shape index (κ2) is 24.7. The number of halogens is 1. The van der Waals surface area contributed by atoms with E-state index in [9.17, 15) is 30.0 Å². The number of unbranched alkanes of at least 4 members (excludes halogenated alkanes) is 1. The van der Waals surface area contributed by atoms with Crippen molar-refractivity contribution in [3.05, 3.63) is 75.8 Å². The predicted molar refractivity (Wildman–Crippen MR) is 259 cm³/mol. The molecule has 3 heterocycles. The fraction of sp³-hybridized carbons (Fsp3) is 0.458. The van der Waals surface area contributed by atoms with E-state index in [1.54, 1.807) is 52.0 Å². The van der Waals surface area contributed by atoms with Crippen molar-refractivity contribution in [3.63, 3.8) is 0 Å². The molecule has 1 atom stereocenters. The number of nitrogens with one attached hydrogen (secondary N) is 2. The minimum atomic E-state index is -1.35. The minimum Gasteiger partial charge on any atom is -0.490 e. The molecule has 0 spiro atoms. The number of alkyl carbamates (subject to hydrolysis) is 1. The largest absolute Gasteiger partial charge is 0.490 e. The number of hydrogen-bond donors (Lipinski definition) is 3. The van der Waals surface area contributed by atoms with Gasteiger partial charge in [-0.1, -0.05) is 47.6 Å². The lowest BCUT2D eigenvalue weighted by atomic mass is 9.96. The van der Waals surface area contributed by atoms with Crippen LogP contribution >= 0.6 is 34.7 Å². The maximum absolute atomic E-state index is 13.1. The summed E-state index contributed by atoms with van der Waals surface area (Å²) in [5, 5.41) is 40.2. The Morgan fingerprint density at radius 1 is 0.955 bits per heavy atom. The number of aliphatic hydroxyl groups is 1. The number of aliphatic imine (C=N–C) groups is 1. The molecule has 1 saturated heterocycles. The fourth-order valence-corrected chi connectivity index (χ4v) is 8.81. The quantitative estimate of drug-likeness (QED) is 0.0177. The number of benzene rings is 2. The molecule has 356 valence electrons. The molecule has 16 nitrogen and oxygen atoms in total. The first-order valence-corrected chi connectivity index (χ1v) is 24.2. The van der Waals surface area contributed by atoms with Crippen LogP contribution in [0.4, 0.5) is 10.6 Å². The molecule has 1 fully saturated rings. The van der Waals surface area contributed by atoms with Gasteiger partial charge in [0.25, 0.3) is 0 Å². The van der Waals surface area contributed by atoms with Crippen LogP contribution < -0.4 is 20.3 Å². The zero-order valence-electron chi connectivity index (χ0n) is 38.6. The van der Waals surface area contributed by atoms with Crippen LogP contribution in [0, 0.1) is 22.7 Å². The first kappa shape index (κ1) is 52.1. The zero-order chi connectivity index (χ0) is 48.6. The number of esters is 1. The monoisotopic (exact) mass is 972 g/mol. The average Bonchev–Trinajstić information content (AvgIpc) is 3.99. The summed E-state index contributed by atoms with van der Waals surface area (Å²) in [4.78, 5) is 54.3. The van der Waals surface area contributed by atoms with Gasteiger partial charge in [-0.25, -0.2) is 14.8 Å². The van der Waals surface area contributed by atoms with Gasteiger partial charge in [-0.05, 0) is 82.7 Å². The molecule has 19 heteroatoms. The van der Waals surface area contributed by atoms with Gasteiger partial charge in [-0.3, -0.25) is 14.6 Å². The summed E-state index contributed by atoms with van der Waals surface area (Å²) in [6.07, 6.45) is 2.51. The van der Waals surface area contributed by atoms with Crippen LogP contribution in [0.5, 0.6) is 5.75 Å². The van der Waals surface area contributed by atoms with Crippen molar-refractivity contribution in [3.8, 4) is 39.6 Å². The fourth-order valence-electron chi connectivity index (χ4n) is 6.88. The topological polar surface area (TPSA) is 221 Å². The minimum absolute atomic E-state index is 0.0234. The third-order valence-corrected chi connectivity index (χ3v) is 12.0. The lowest BCUT2D eigenvalue weighted by Crippen LogP contribution is -2.48. The number of ether oxygens (including phenoxy) is 4. The van der Waals surface area contributed by atoms with Gasteiger partial charge in [0, 0.05) is 74.2 Å². The Labute approximate surface area is 405 Å². The van der Waals surface area contributed by atoms with E-state index in [-0.39, 0.29) is 32.6 Å². The molecule has 1 aliphatic heterocycles. The van der Waals surface area contributed by atoms with Crippen molar-refractivity contribution in [1.29, 1.82) is 10.5 Å².